The first-order valence-corrected chi connectivity index (χ1v) is 18.6. The molecule has 0 saturated heterocycles. The van der Waals surface area contributed by atoms with E-state index in [0.717, 1.165) is 73.6 Å². The predicted molar refractivity (Wildman–Crippen MR) is 171 cm³/mol. The van der Waals surface area contributed by atoms with Gasteiger partial charge in [-0.05, 0) is 72.0 Å². The quantitative estimate of drug-likeness (QED) is 0.127. The first kappa shape index (κ1) is 34.0. The molecule has 0 spiro atoms. The first-order chi connectivity index (χ1) is 20.1. The molecule has 13 heteroatoms. The molecule has 0 saturated carbocycles. The second-order valence-electron chi connectivity index (χ2n) is 9.97. The van der Waals surface area contributed by atoms with Crippen LogP contribution in [0.3, 0.4) is 0 Å². The molecule has 0 radical (unpaired) electrons. The molecule has 3 aromatic heterocycles. The summed E-state index contributed by atoms with van der Waals surface area (Å²) in [5, 5.41) is 2.11. The lowest BCUT2D eigenvalue weighted by atomic mass is 10.0. The summed E-state index contributed by atoms with van der Waals surface area (Å²) in [5.74, 6) is -1.92. The number of nitrogens with zero attached hydrogens (tertiary/aromatic N) is 2. The third-order valence-corrected chi connectivity index (χ3v) is 10.0. The third kappa shape index (κ3) is 10.1. The van der Waals surface area contributed by atoms with E-state index >= 15 is 0 Å². The van der Waals surface area contributed by atoms with E-state index in [2.05, 4.69) is 44.9 Å². The van der Waals surface area contributed by atoms with E-state index in [9.17, 15) is 22.2 Å². The molecule has 42 heavy (non-hydrogen) atoms. The maximum absolute atomic E-state index is 12.8. The van der Waals surface area contributed by atoms with Crippen molar-refractivity contribution in [2.24, 2.45) is 4.36 Å². The molecular weight excluding hydrogens is 615 g/mol. The summed E-state index contributed by atoms with van der Waals surface area (Å²) < 4.78 is 45.3. The molecule has 2 amide bonds. The number of unbranched alkanes of at least 4 members (excludes halogenated alkanes) is 6. The van der Waals surface area contributed by atoms with Crippen molar-refractivity contribution in [3.05, 3.63) is 52.2 Å². The lowest BCUT2D eigenvalue weighted by molar-refractivity contribution is 0.0976. The van der Waals surface area contributed by atoms with Crippen molar-refractivity contribution in [1.29, 1.82) is 0 Å². The van der Waals surface area contributed by atoms with Crippen LogP contribution in [0.15, 0.2) is 34.0 Å². The number of hydrogen-bond acceptors (Lipinski definition) is 10. The minimum atomic E-state index is -3.89. The molecule has 0 aromatic carbocycles. The average Bonchev–Trinajstić information content (AvgIpc) is 3.59. The van der Waals surface area contributed by atoms with E-state index in [0.29, 0.717) is 5.56 Å². The van der Waals surface area contributed by atoms with Gasteiger partial charge in [-0.25, -0.2) is 18.1 Å². The van der Waals surface area contributed by atoms with E-state index in [1.807, 2.05) is 4.72 Å². The highest BCUT2D eigenvalue weighted by molar-refractivity contribution is 7.89. The molecule has 0 bridgehead atoms. The number of aromatic nitrogens is 1. The Labute approximate surface area is 258 Å². The van der Waals surface area contributed by atoms with Crippen LogP contribution in [0.4, 0.5) is 0 Å². The average molecular weight is 653 g/mol. The zero-order chi connectivity index (χ0) is 30.7. The number of pyridine rings is 1. The van der Waals surface area contributed by atoms with Gasteiger partial charge < -0.3 is 12.8 Å². The normalized spacial score (nSPS) is 12.5. The largest absolute Gasteiger partial charge is 0.441 e. The SMILES string of the molecule is CCCCCCc1cc(-c2sccc2CCCCCC)sc1-c1cc(C(=O)N=[S-](=O)OC)nc(C(=O)NS(C)(=O)=O)c1. The Balaban J connectivity index is 2.13. The van der Waals surface area contributed by atoms with Gasteiger partial charge in [-0.2, -0.15) is 0 Å². The zero-order valence-corrected chi connectivity index (χ0v) is 27.7. The van der Waals surface area contributed by atoms with E-state index in [-0.39, 0.29) is 11.4 Å². The fourth-order valence-corrected chi connectivity index (χ4v) is 7.52. The molecule has 0 aliphatic heterocycles. The molecule has 0 fully saturated rings. The molecule has 1 N–H and O–H groups in total. The van der Waals surface area contributed by atoms with Crippen molar-refractivity contribution in [1.82, 2.24) is 9.71 Å². The van der Waals surface area contributed by atoms with Gasteiger partial charge in [0.25, 0.3) is 11.8 Å². The van der Waals surface area contributed by atoms with Gasteiger partial charge in [0.15, 0.2) is 0 Å². The molecule has 3 heterocycles. The van der Waals surface area contributed by atoms with Gasteiger partial charge in [0, 0.05) is 21.7 Å². The van der Waals surface area contributed by atoms with E-state index in [1.165, 1.54) is 41.8 Å². The van der Waals surface area contributed by atoms with Gasteiger partial charge in [0.1, 0.15) is 11.4 Å². The topological polar surface area (TPSA) is 132 Å². The first-order valence-electron chi connectivity index (χ1n) is 14.0. The minimum absolute atomic E-state index is 0.240. The molecule has 0 atom stereocenters. The lowest BCUT2D eigenvalue weighted by Gasteiger charge is -2.10. The number of carbonyl (C=O) groups is 2. The number of amides is 2. The van der Waals surface area contributed by atoms with Gasteiger partial charge >= 0.3 is 0 Å². The second-order valence-corrected chi connectivity index (χ2v) is 14.6. The van der Waals surface area contributed by atoms with Crippen LogP contribution < -0.4 is 4.72 Å². The van der Waals surface area contributed by atoms with Crippen molar-refractivity contribution in [3.8, 4) is 20.2 Å². The van der Waals surface area contributed by atoms with Crippen molar-refractivity contribution in [2.75, 3.05) is 13.4 Å². The van der Waals surface area contributed by atoms with Crippen LogP contribution in [0.25, 0.3) is 20.2 Å². The highest BCUT2D eigenvalue weighted by Gasteiger charge is 2.21. The number of thiophene rings is 2. The summed E-state index contributed by atoms with van der Waals surface area (Å²) >= 11 is 3.27. The molecule has 0 unspecified atom stereocenters. The summed E-state index contributed by atoms with van der Waals surface area (Å²) in [6.07, 6.45) is 11.7. The molecule has 3 rings (SSSR count). The lowest BCUT2D eigenvalue weighted by Crippen LogP contribution is -2.30. The Morgan fingerprint density at radius 3 is 2.21 bits per heavy atom. The number of rotatable bonds is 16. The maximum atomic E-state index is 12.8. The van der Waals surface area contributed by atoms with Crippen LogP contribution in [0, 0.1) is 0 Å². The van der Waals surface area contributed by atoms with Crippen molar-refractivity contribution in [2.45, 2.75) is 78.1 Å². The van der Waals surface area contributed by atoms with Crippen LogP contribution in [0.2, 0.25) is 0 Å². The van der Waals surface area contributed by atoms with Gasteiger partial charge in [-0.15, -0.1) is 22.7 Å². The molecular formula is C29H38N3O6S4-. The van der Waals surface area contributed by atoms with Crippen molar-refractivity contribution < 1.29 is 26.4 Å². The van der Waals surface area contributed by atoms with E-state index in [1.54, 1.807) is 22.7 Å². The number of hydrogen-bond donors (Lipinski definition) is 1. The Hall–Kier alpha value is -2.45. The molecule has 0 aliphatic rings. The molecule has 9 nitrogen and oxygen atoms in total. The van der Waals surface area contributed by atoms with Gasteiger partial charge in [0.05, 0.1) is 6.26 Å². The number of sulfonamides is 1. The van der Waals surface area contributed by atoms with Crippen LogP contribution >= 0.6 is 22.7 Å². The Bertz CT molecular complexity index is 1570. The summed E-state index contributed by atoms with van der Waals surface area (Å²) in [7, 11) is -4.98. The zero-order valence-electron chi connectivity index (χ0n) is 24.4. The summed E-state index contributed by atoms with van der Waals surface area (Å²) in [6, 6.07) is 7.35. The third-order valence-electron chi connectivity index (χ3n) is 6.50. The van der Waals surface area contributed by atoms with Gasteiger partial charge in [0.2, 0.25) is 10.0 Å². The predicted octanol–water partition coefficient (Wildman–Crippen LogP) is 7.32. The molecule has 3 aromatic rings. The number of carbonyl (C=O) groups excluding carboxylic acids is 2. The highest BCUT2D eigenvalue weighted by atomic mass is 32.2. The number of nitrogens with one attached hydrogen (secondary N) is 1. The Kier molecular flexibility index (Phi) is 13.3. The van der Waals surface area contributed by atoms with Crippen LogP contribution in [0.5, 0.6) is 0 Å². The van der Waals surface area contributed by atoms with Crippen LogP contribution in [-0.4, -0.2) is 38.6 Å². The Morgan fingerprint density at radius 2 is 1.60 bits per heavy atom. The van der Waals surface area contributed by atoms with Crippen molar-refractivity contribution >= 4 is 55.4 Å². The van der Waals surface area contributed by atoms with E-state index in [4.69, 9.17) is 0 Å². The maximum Gasteiger partial charge on any atom is 0.283 e. The number of aryl methyl sites for hydroxylation is 2. The van der Waals surface area contributed by atoms with E-state index < -0.39 is 32.7 Å². The smallest absolute Gasteiger partial charge is 0.283 e. The van der Waals surface area contributed by atoms with Gasteiger partial charge in [-0.3, -0.25) is 9.59 Å². The van der Waals surface area contributed by atoms with Crippen molar-refractivity contribution in [3.63, 3.8) is 0 Å². The molecule has 0 aliphatic carbocycles. The van der Waals surface area contributed by atoms with Gasteiger partial charge in [-0.1, -0.05) is 63.2 Å². The monoisotopic (exact) mass is 652 g/mol. The second kappa shape index (κ2) is 16.4. The summed E-state index contributed by atoms with van der Waals surface area (Å²) in [5.41, 5.74) is 2.41. The molecule has 230 valence electrons. The fraction of sp³-hybridized carbons (Fsp3) is 0.483. The minimum Gasteiger partial charge on any atom is -0.441 e. The summed E-state index contributed by atoms with van der Waals surface area (Å²) in [4.78, 5) is 32.9. The van der Waals surface area contributed by atoms with Crippen LogP contribution in [0.1, 0.15) is 97.3 Å². The summed E-state index contributed by atoms with van der Waals surface area (Å²) in [6.45, 7) is 4.36. The van der Waals surface area contributed by atoms with Crippen LogP contribution in [-0.2, 0) is 42.1 Å². The standard InChI is InChI=1S/C29H38N3O6S4/c1-5-7-9-11-13-20-15-16-39-27(20)25-19-21(14-12-10-8-6-2)26(40-25)22-17-23(28(33)31-41(35)38-3)30-24(18-22)29(34)32-42(4,36)37/h15-19H,5-14H2,1-4H3,(H,32,34)/q-1. The fourth-order valence-electron chi connectivity index (χ4n) is 4.46. The highest BCUT2D eigenvalue weighted by Crippen LogP contribution is 2.43. The Morgan fingerprint density at radius 1 is 0.952 bits per heavy atom.